The standard InChI is InChI=1S/C11H5BrN4O3S/c12-8-5-13-11-15(10(8)17)14-9(20-11)6-1-3-7(4-2-6)16(18)19/h1-5H. The van der Waals surface area contributed by atoms with Crippen LogP contribution in [0.1, 0.15) is 0 Å². The van der Waals surface area contributed by atoms with Gasteiger partial charge >= 0.3 is 0 Å². The number of hydrogen-bond donors (Lipinski definition) is 0. The summed E-state index contributed by atoms with van der Waals surface area (Å²) in [6.45, 7) is 0. The second-order valence-electron chi connectivity index (χ2n) is 3.82. The average molecular weight is 353 g/mol. The number of fused-ring (bicyclic) bond motifs is 1. The first kappa shape index (κ1) is 12.9. The van der Waals surface area contributed by atoms with Crippen molar-refractivity contribution in [1.82, 2.24) is 14.6 Å². The summed E-state index contributed by atoms with van der Waals surface area (Å²) in [6.07, 6.45) is 1.43. The zero-order valence-corrected chi connectivity index (χ0v) is 12.1. The third-order valence-corrected chi connectivity index (χ3v) is 4.09. The van der Waals surface area contributed by atoms with Crippen LogP contribution in [-0.4, -0.2) is 19.5 Å². The first-order valence-electron chi connectivity index (χ1n) is 5.35. The molecule has 2 aromatic heterocycles. The molecule has 0 N–H and O–H groups in total. The van der Waals surface area contributed by atoms with Crippen molar-refractivity contribution >= 4 is 37.9 Å². The summed E-state index contributed by atoms with van der Waals surface area (Å²) in [5.74, 6) is 0. The highest BCUT2D eigenvalue weighted by Gasteiger charge is 2.12. The van der Waals surface area contributed by atoms with Crippen molar-refractivity contribution in [3.05, 3.63) is 55.4 Å². The molecule has 0 bridgehead atoms. The predicted octanol–water partition coefficient (Wildman–Crippen LogP) is 2.49. The minimum absolute atomic E-state index is 0.00731. The highest BCUT2D eigenvalue weighted by Crippen LogP contribution is 2.26. The molecule has 2 heterocycles. The Kier molecular flexibility index (Phi) is 3.07. The summed E-state index contributed by atoms with van der Waals surface area (Å²) in [5.41, 5.74) is 0.411. The first-order valence-corrected chi connectivity index (χ1v) is 6.96. The lowest BCUT2D eigenvalue weighted by Gasteiger charge is -1.94. The van der Waals surface area contributed by atoms with E-state index >= 15 is 0 Å². The van der Waals surface area contributed by atoms with Crippen LogP contribution in [0.3, 0.4) is 0 Å². The van der Waals surface area contributed by atoms with E-state index in [1.54, 1.807) is 12.1 Å². The van der Waals surface area contributed by atoms with Crippen LogP contribution in [-0.2, 0) is 0 Å². The van der Waals surface area contributed by atoms with Crippen molar-refractivity contribution in [3.8, 4) is 10.6 Å². The third-order valence-electron chi connectivity index (χ3n) is 2.57. The maximum Gasteiger partial charge on any atom is 0.289 e. The zero-order chi connectivity index (χ0) is 14.3. The summed E-state index contributed by atoms with van der Waals surface area (Å²) in [5, 5.41) is 15.4. The minimum atomic E-state index is -0.467. The summed E-state index contributed by atoms with van der Waals surface area (Å²) >= 11 is 4.34. The molecule has 0 aliphatic carbocycles. The van der Waals surface area contributed by atoms with E-state index in [0.717, 1.165) is 0 Å². The number of nitro benzene ring substituents is 1. The Morgan fingerprint density at radius 3 is 2.65 bits per heavy atom. The smallest absolute Gasteiger partial charge is 0.266 e. The van der Waals surface area contributed by atoms with Gasteiger partial charge in [0.05, 0.1) is 11.1 Å². The van der Waals surface area contributed by atoms with Crippen LogP contribution >= 0.6 is 27.3 Å². The van der Waals surface area contributed by atoms with Crippen LogP contribution in [0, 0.1) is 10.1 Å². The van der Waals surface area contributed by atoms with E-state index in [9.17, 15) is 14.9 Å². The molecule has 3 rings (SSSR count). The first-order chi connectivity index (χ1) is 9.56. The molecule has 0 saturated carbocycles. The van der Waals surface area contributed by atoms with Crippen molar-refractivity contribution in [1.29, 1.82) is 0 Å². The second-order valence-corrected chi connectivity index (χ2v) is 5.63. The molecule has 100 valence electrons. The largest absolute Gasteiger partial charge is 0.289 e. The van der Waals surface area contributed by atoms with Crippen LogP contribution in [0.5, 0.6) is 0 Å². The fourth-order valence-corrected chi connectivity index (χ4v) is 2.74. The normalized spacial score (nSPS) is 10.8. The number of nitro groups is 1. The van der Waals surface area contributed by atoms with E-state index in [4.69, 9.17) is 0 Å². The van der Waals surface area contributed by atoms with Gasteiger partial charge in [0, 0.05) is 17.7 Å². The summed E-state index contributed by atoms with van der Waals surface area (Å²) in [7, 11) is 0. The van der Waals surface area contributed by atoms with Gasteiger partial charge < -0.3 is 0 Å². The lowest BCUT2D eigenvalue weighted by Crippen LogP contribution is -2.14. The van der Waals surface area contributed by atoms with Gasteiger partial charge in [-0.1, -0.05) is 11.3 Å². The molecule has 20 heavy (non-hydrogen) atoms. The summed E-state index contributed by atoms with van der Waals surface area (Å²) in [4.78, 5) is 26.5. The number of rotatable bonds is 2. The molecule has 0 saturated heterocycles. The van der Waals surface area contributed by atoms with Gasteiger partial charge in [-0.2, -0.15) is 9.61 Å². The molecule has 1 aromatic carbocycles. The molecule has 0 fully saturated rings. The Bertz CT molecular complexity index is 872. The molecule has 7 nitrogen and oxygen atoms in total. The van der Waals surface area contributed by atoms with Crippen molar-refractivity contribution in [2.45, 2.75) is 0 Å². The molecule has 0 unspecified atom stereocenters. The predicted molar refractivity (Wildman–Crippen MR) is 76.9 cm³/mol. The van der Waals surface area contributed by atoms with Crippen LogP contribution < -0.4 is 5.56 Å². The lowest BCUT2D eigenvalue weighted by atomic mass is 10.2. The Hall–Kier alpha value is -2.13. The quantitative estimate of drug-likeness (QED) is 0.522. The number of nitrogens with zero attached hydrogens (tertiary/aromatic N) is 4. The molecule has 0 aliphatic heterocycles. The molecule has 9 heteroatoms. The van der Waals surface area contributed by atoms with E-state index < -0.39 is 4.92 Å². The Labute approximate surface area is 123 Å². The third kappa shape index (κ3) is 2.10. The van der Waals surface area contributed by atoms with Gasteiger partial charge in [0.1, 0.15) is 9.48 Å². The number of benzene rings is 1. The van der Waals surface area contributed by atoms with E-state index in [2.05, 4.69) is 26.0 Å². The Morgan fingerprint density at radius 2 is 2.00 bits per heavy atom. The molecule has 0 aliphatic rings. The van der Waals surface area contributed by atoms with Crippen LogP contribution in [0.15, 0.2) is 39.7 Å². The van der Waals surface area contributed by atoms with Gasteiger partial charge in [-0.3, -0.25) is 14.9 Å². The maximum atomic E-state index is 11.8. The van der Waals surface area contributed by atoms with E-state index in [0.29, 0.717) is 20.0 Å². The van der Waals surface area contributed by atoms with Gasteiger partial charge in [-0.05, 0) is 28.1 Å². The fraction of sp³-hybridized carbons (Fsp3) is 0. The van der Waals surface area contributed by atoms with Crippen LogP contribution in [0.2, 0.25) is 0 Å². The second kappa shape index (κ2) is 4.76. The molecule has 0 radical (unpaired) electrons. The molecular formula is C11H5BrN4O3S. The number of non-ortho nitro benzene ring substituents is 1. The fourth-order valence-electron chi connectivity index (χ4n) is 1.61. The van der Waals surface area contributed by atoms with Gasteiger partial charge in [0.2, 0.25) is 4.96 Å². The average Bonchev–Trinajstić information content (AvgIpc) is 2.88. The molecule has 0 spiro atoms. The van der Waals surface area contributed by atoms with E-state index in [1.807, 2.05) is 0 Å². The molecule has 0 amide bonds. The van der Waals surface area contributed by atoms with Gasteiger partial charge in [-0.25, -0.2) is 4.98 Å². The zero-order valence-electron chi connectivity index (χ0n) is 9.69. The van der Waals surface area contributed by atoms with Crippen molar-refractivity contribution in [2.75, 3.05) is 0 Å². The van der Waals surface area contributed by atoms with Gasteiger partial charge in [0.15, 0.2) is 0 Å². The van der Waals surface area contributed by atoms with Crippen LogP contribution in [0.4, 0.5) is 5.69 Å². The molecule has 3 aromatic rings. The number of hydrogen-bond acceptors (Lipinski definition) is 6. The van der Waals surface area contributed by atoms with E-state index in [-0.39, 0.29) is 11.2 Å². The highest BCUT2D eigenvalue weighted by atomic mass is 79.9. The monoisotopic (exact) mass is 352 g/mol. The van der Waals surface area contributed by atoms with E-state index in [1.165, 1.54) is 34.2 Å². The van der Waals surface area contributed by atoms with Crippen molar-refractivity contribution < 1.29 is 4.92 Å². The van der Waals surface area contributed by atoms with Gasteiger partial charge in [0.25, 0.3) is 11.2 Å². The molecule has 0 atom stereocenters. The summed E-state index contributed by atoms with van der Waals surface area (Å²) < 4.78 is 1.53. The SMILES string of the molecule is O=c1c(Br)cnc2sc(-c3ccc([N+](=O)[O-])cc3)nn12. The van der Waals surface area contributed by atoms with Crippen molar-refractivity contribution in [3.63, 3.8) is 0 Å². The summed E-state index contributed by atoms with van der Waals surface area (Å²) in [6, 6.07) is 5.98. The Morgan fingerprint density at radius 1 is 1.30 bits per heavy atom. The maximum absolute atomic E-state index is 11.8. The van der Waals surface area contributed by atoms with Crippen molar-refractivity contribution in [2.24, 2.45) is 0 Å². The minimum Gasteiger partial charge on any atom is -0.266 e. The number of aromatic nitrogens is 3. The van der Waals surface area contributed by atoms with Crippen LogP contribution in [0.25, 0.3) is 15.5 Å². The lowest BCUT2D eigenvalue weighted by molar-refractivity contribution is -0.384. The Balaban J connectivity index is 2.13. The topological polar surface area (TPSA) is 90.4 Å². The highest BCUT2D eigenvalue weighted by molar-refractivity contribution is 9.10. The molecular weight excluding hydrogens is 348 g/mol. The number of halogens is 1. The van der Waals surface area contributed by atoms with Gasteiger partial charge in [-0.15, -0.1) is 0 Å².